The average molecular weight is 400 g/mol. The van der Waals surface area contributed by atoms with Crippen LogP contribution in [0.1, 0.15) is 23.5 Å². The summed E-state index contributed by atoms with van der Waals surface area (Å²) in [6.07, 6.45) is 0.00953. The van der Waals surface area contributed by atoms with Gasteiger partial charge in [0.15, 0.2) is 16.9 Å². The van der Waals surface area contributed by atoms with E-state index in [0.717, 1.165) is 5.56 Å². The molecule has 1 aromatic heterocycles. The summed E-state index contributed by atoms with van der Waals surface area (Å²) in [6, 6.07) is 19.6. The largest absolute Gasteiger partial charge is 0.504 e. The van der Waals surface area contributed by atoms with Gasteiger partial charge in [-0.3, -0.25) is 9.59 Å². The van der Waals surface area contributed by atoms with E-state index in [1.165, 1.54) is 6.07 Å². The van der Waals surface area contributed by atoms with Gasteiger partial charge in [-0.25, -0.2) is 0 Å². The minimum absolute atomic E-state index is 0.00953. The first kappa shape index (κ1) is 18.0. The van der Waals surface area contributed by atoms with E-state index in [1.54, 1.807) is 12.1 Å². The first-order valence-corrected chi connectivity index (χ1v) is 9.41. The number of benzene rings is 3. The maximum atomic E-state index is 12.9. The Hall–Kier alpha value is -4.06. The van der Waals surface area contributed by atoms with Crippen LogP contribution in [0.4, 0.5) is 0 Å². The van der Waals surface area contributed by atoms with Gasteiger partial charge in [0, 0.05) is 17.5 Å². The van der Waals surface area contributed by atoms with Crippen molar-refractivity contribution in [3.05, 3.63) is 88.1 Å². The lowest BCUT2D eigenvalue weighted by Crippen LogP contribution is -2.22. The van der Waals surface area contributed by atoms with Gasteiger partial charge in [-0.1, -0.05) is 60.7 Å². The van der Waals surface area contributed by atoms with Gasteiger partial charge in [0.2, 0.25) is 5.75 Å². The van der Waals surface area contributed by atoms with Crippen LogP contribution in [0.3, 0.4) is 0 Å². The summed E-state index contributed by atoms with van der Waals surface area (Å²) in [5, 5.41) is 20.9. The normalized spacial score (nSPS) is 15.6. The summed E-state index contributed by atoms with van der Waals surface area (Å²) in [5.74, 6) is -2.25. The molecule has 0 saturated heterocycles. The molecule has 2 N–H and O–H groups in total. The Labute approximate surface area is 170 Å². The Morgan fingerprint density at radius 3 is 2.23 bits per heavy atom. The number of aromatic hydroxyl groups is 2. The highest BCUT2D eigenvalue weighted by atomic mass is 16.5. The molecule has 5 rings (SSSR count). The molecule has 4 aromatic rings. The van der Waals surface area contributed by atoms with E-state index in [-0.39, 0.29) is 23.1 Å². The SMILES string of the molecule is O=C1C[C@H](c2ccccc2)c2c(c(O)c(O)c3c(=O)cc(-c4ccccc4)oc23)O1. The van der Waals surface area contributed by atoms with Crippen LogP contribution in [0.5, 0.6) is 17.2 Å². The Bertz CT molecular complexity index is 1340. The minimum Gasteiger partial charge on any atom is -0.504 e. The molecule has 0 spiro atoms. The van der Waals surface area contributed by atoms with Gasteiger partial charge in [0.25, 0.3) is 0 Å². The highest BCUT2D eigenvalue weighted by Gasteiger charge is 2.36. The predicted octanol–water partition coefficient (Wildman–Crippen LogP) is 4.31. The summed E-state index contributed by atoms with van der Waals surface area (Å²) in [4.78, 5) is 25.2. The third-order valence-electron chi connectivity index (χ3n) is 5.31. The smallest absolute Gasteiger partial charge is 0.312 e. The maximum Gasteiger partial charge on any atom is 0.312 e. The van der Waals surface area contributed by atoms with E-state index in [9.17, 15) is 19.8 Å². The zero-order chi connectivity index (χ0) is 20.8. The van der Waals surface area contributed by atoms with E-state index >= 15 is 0 Å². The number of rotatable bonds is 2. The number of hydrogen-bond acceptors (Lipinski definition) is 6. The van der Waals surface area contributed by atoms with Crippen molar-refractivity contribution in [2.24, 2.45) is 0 Å². The van der Waals surface area contributed by atoms with Gasteiger partial charge in [-0.15, -0.1) is 0 Å². The number of ether oxygens (including phenoxy) is 1. The predicted molar refractivity (Wildman–Crippen MR) is 110 cm³/mol. The molecule has 6 nitrogen and oxygen atoms in total. The molecule has 0 saturated carbocycles. The molecular formula is C24H16O6. The summed E-state index contributed by atoms with van der Waals surface area (Å²) >= 11 is 0. The molecule has 6 heteroatoms. The first-order valence-electron chi connectivity index (χ1n) is 9.41. The van der Waals surface area contributed by atoms with Crippen molar-refractivity contribution in [1.82, 2.24) is 0 Å². The lowest BCUT2D eigenvalue weighted by atomic mass is 9.85. The lowest BCUT2D eigenvalue weighted by Gasteiger charge is -2.26. The van der Waals surface area contributed by atoms with Crippen molar-refractivity contribution in [1.29, 1.82) is 0 Å². The van der Waals surface area contributed by atoms with Crippen LogP contribution in [-0.4, -0.2) is 16.2 Å². The fourth-order valence-corrected chi connectivity index (χ4v) is 3.92. The first-order chi connectivity index (χ1) is 14.5. The van der Waals surface area contributed by atoms with Crippen molar-refractivity contribution < 1.29 is 24.2 Å². The summed E-state index contributed by atoms with van der Waals surface area (Å²) in [7, 11) is 0. The number of fused-ring (bicyclic) bond motifs is 3. The highest BCUT2D eigenvalue weighted by molar-refractivity contribution is 5.96. The number of esters is 1. The van der Waals surface area contributed by atoms with E-state index in [2.05, 4.69) is 0 Å². The van der Waals surface area contributed by atoms with E-state index in [4.69, 9.17) is 9.15 Å². The second kappa shape index (κ2) is 6.77. The molecule has 3 aromatic carbocycles. The van der Waals surface area contributed by atoms with Gasteiger partial charge in [-0.05, 0) is 5.56 Å². The number of phenolic OH excluding ortho intramolecular Hbond substituents is 2. The van der Waals surface area contributed by atoms with Gasteiger partial charge >= 0.3 is 5.97 Å². The molecule has 1 atom stereocenters. The molecule has 0 fully saturated rings. The van der Waals surface area contributed by atoms with Crippen molar-refractivity contribution >= 4 is 16.9 Å². The minimum atomic E-state index is -0.668. The summed E-state index contributed by atoms with van der Waals surface area (Å²) in [5.41, 5.74) is 1.43. The molecule has 0 aliphatic carbocycles. The Morgan fingerprint density at radius 1 is 0.867 bits per heavy atom. The monoisotopic (exact) mass is 400 g/mol. The molecule has 2 heterocycles. The van der Waals surface area contributed by atoms with E-state index < -0.39 is 28.8 Å². The highest BCUT2D eigenvalue weighted by Crippen LogP contribution is 2.52. The van der Waals surface area contributed by atoms with Crippen molar-refractivity contribution in [2.75, 3.05) is 0 Å². The number of hydrogen-bond donors (Lipinski definition) is 2. The maximum absolute atomic E-state index is 12.9. The molecule has 0 unspecified atom stereocenters. The molecule has 0 amide bonds. The summed E-state index contributed by atoms with van der Waals surface area (Å²) < 4.78 is 11.4. The number of carbonyl (C=O) groups is 1. The fraction of sp³-hybridized carbons (Fsp3) is 0.0833. The topological polar surface area (TPSA) is 97.0 Å². The van der Waals surface area contributed by atoms with Gasteiger partial charge in [0.1, 0.15) is 16.7 Å². The quantitative estimate of drug-likeness (QED) is 0.296. The zero-order valence-electron chi connectivity index (χ0n) is 15.7. The van der Waals surface area contributed by atoms with Crippen LogP contribution >= 0.6 is 0 Å². The molecule has 30 heavy (non-hydrogen) atoms. The second-order valence-corrected chi connectivity index (χ2v) is 7.13. The van der Waals surface area contributed by atoms with E-state index in [1.807, 2.05) is 48.5 Å². The van der Waals surface area contributed by atoms with Crippen molar-refractivity contribution in [3.8, 4) is 28.6 Å². The lowest BCUT2D eigenvalue weighted by molar-refractivity contribution is -0.135. The Kier molecular flexibility index (Phi) is 4.06. The molecular weight excluding hydrogens is 384 g/mol. The standard InChI is InChI=1S/C24H16O6/c25-16-12-17(14-9-5-2-6-10-14)29-23-19-15(13-7-3-1-4-8-13)11-18(26)30-24(19)22(28)21(27)20(16)23/h1-10,12,15,27-28H,11H2/t15-/m1/s1. The van der Waals surface area contributed by atoms with Crippen LogP contribution < -0.4 is 10.2 Å². The zero-order valence-corrected chi connectivity index (χ0v) is 15.7. The van der Waals surface area contributed by atoms with Gasteiger partial charge in [-0.2, -0.15) is 0 Å². The average Bonchev–Trinajstić information content (AvgIpc) is 2.77. The van der Waals surface area contributed by atoms with Crippen LogP contribution in [0.2, 0.25) is 0 Å². The van der Waals surface area contributed by atoms with Crippen LogP contribution in [0, 0.1) is 0 Å². The van der Waals surface area contributed by atoms with Crippen molar-refractivity contribution in [2.45, 2.75) is 12.3 Å². The summed E-state index contributed by atoms with van der Waals surface area (Å²) in [6.45, 7) is 0. The van der Waals surface area contributed by atoms with Crippen LogP contribution in [-0.2, 0) is 4.79 Å². The fourth-order valence-electron chi connectivity index (χ4n) is 3.92. The molecule has 1 aliphatic heterocycles. The molecule has 148 valence electrons. The third kappa shape index (κ3) is 2.73. The van der Waals surface area contributed by atoms with E-state index in [0.29, 0.717) is 16.9 Å². The van der Waals surface area contributed by atoms with Gasteiger partial charge < -0.3 is 19.4 Å². The number of phenols is 2. The van der Waals surface area contributed by atoms with Crippen LogP contribution in [0.25, 0.3) is 22.3 Å². The van der Waals surface area contributed by atoms with Crippen molar-refractivity contribution in [3.63, 3.8) is 0 Å². The van der Waals surface area contributed by atoms with Crippen LogP contribution in [0.15, 0.2) is 75.9 Å². The Balaban J connectivity index is 1.89. The molecule has 1 aliphatic rings. The van der Waals surface area contributed by atoms with Gasteiger partial charge in [0.05, 0.1) is 12.0 Å². The third-order valence-corrected chi connectivity index (χ3v) is 5.31. The molecule has 0 radical (unpaired) electrons. The second-order valence-electron chi connectivity index (χ2n) is 7.13. The Morgan fingerprint density at radius 2 is 1.53 bits per heavy atom. The molecule has 0 bridgehead atoms. The number of carbonyl (C=O) groups excluding carboxylic acids is 1.